The van der Waals surface area contributed by atoms with Crippen LogP contribution in [-0.4, -0.2) is 22.9 Å². The zero-order valence-corrected chi connectivity index (χ0v) is 9.58. The van der Waals surface area contributed by atoms with Crippen LogP contribution in [0.25, 0.3) is 17.1 Å². The normalized spacial score (nSPS) is 14.3. The van der Waals surface area contributed by atoms with Gasteiger partial charge in [0.15, 0.2) is 0 Å². The van der Waals surface area contributed by atoms with E-state index in [0.717, 1.165) is 35.0 Å². The first-order valence-electron chi connectivity index (χ1n) is 5.67. The average molecular weight is 227 g/mol. The van der Waals surface area contributed by atoms with Crippen molar-refractivity contribution < 1.29 is 4.79 Å². The highest BCUT2D eigenvalue weighted by atomic mass is 16.1. The van der Waals surface area contributed by atoms with Crippen molar-refractivity contribution in [1.82, 2.24) is 15.3 Å². The van der Waals surface area contributed by atoms with Gasteiger partial charge in [0.25, 0.3) is 0 Å². The van der Waals surface area contributed by atoms with E-state index in [0.29, 0.717) is 0 Å². The summed E-state index contributed by atoms with van der Waals surface area (Å²) in [5.74, 6) is 0.000107. The molecule has 86 valence electrons. The lowest BCUT2D eigenvalue weighted by molar-refractivity contribution is -0.117. The fourth-order valence-corrected chi connectivity index (χ4v) is 2.34. The van der Waals surface area contributed by atoms with E-state index in [2.05, 4.69) is 15.3 Å². The third kappa shape index (κ3) is 1.53. The van der Waals surface area contributed by atoms with Gasteiger partial charge in [0.2, 0.25) is 5.91 Å². The van der Waals surface area contributed by atoms with E-state index in [9.17, 15) is 4.79 Å². The summed E-state index contributed by atoms with van der Waals surface area (Å²) in [6, 6.07) is 2.03. The maximum atomic E-state index is 11.7. The minimum absolute atomic E-state index is 0.000107. The summed E-state index contributed by atoms with van der Waals surface area (Å²) in [6.45, 7) is 0. The Kier molecular flexibility index (Phi) is 2.21. The molecular weight excluding hydrogens is 214 g/mol. The number of nitrogens with zero attached hydrogens (tertiary/aromatic N) is 1. The number of aromatic nitrogens is 2. The quantitative estimate of drug-likeness (QED) is 0.778. The molecule has 2 heterocycles. The average Bonchev–Trinajstić information content (AvgIpc) is 2.66. The van der Waals surface area contributed by atoms with Crippen molar-refractivity contribution >= 4 is 23.0 Å². The molecule has 0 bridgehead atoms. The number of carbonyl (C=O) groups excluding carboxylic acids is 1. The molecule has 3 rings (SSSR count). The van der Waals surface area contributed by atoms with Gasteiger partial charge in [-0.25, -0.2) is 4.98 Å². The van der Waals surface area contributed by atoms with Crippen LogP contribution in [0.2, 0.25) is 0 Å². The second kappa shape index (κ2) is 3.73. The molecule has 2 aromatic heterocycles. The molecule has 4 heteroatoms. The van der Waals surface area contributed by atoms with Crippen LogP contribution in [-0.2, 0) is 11.2 Å². The molecule has 0 saturated carbocycles. The second-order valence-corrected chi connectivity index (χ2v) is 4.19. The predicted octanol–water partition coefficient (Wildman–Crippen LogP) is 1.64. The van der Waals surface area contributed by atoms with E-state index in [-0.39, 0.29) is 5.91 Å². The minimum atomic E-state index is 0.000107. The lowest BCUT2D eigenvalue weighted by Gasteiger charge is -2.03. The number of hydrogen-bond donors (Lipinski definition) is 2. The maximum absolute atomic E-state index is 11.7. The number of amides is 1. The van der Waals surface area contributed by atoms with Gasteiger partial charge in [-0.1, -0.05) is 0 Å². The van der Waals surface area contributed by atoms with Crippen LogP contribution in [0.15, 0.2) is 24.0 Å². The molecule has 0 aliphatic heterocycles. The fraction of sp³-hybridized carbons (Fsp3) is 0.231. The van der Waals surface area contributed by atoms with Gasteiger partial charge >= 0.3 is 0 Å². The summed E-state index contributed by atoms with van der Waals surface area (Å²) in [5, 5.41) is 3.83. The zero-order valence-electron chi connectivity index (χ0n) is 9.58. The van der Waals surface area contributed by atoms with Crippen molar-refractivity contribution in [2.75, 3.05) is 7.05 Å². The molecule has 0 unspecified atom stereocenters. The number of likely N-dealkylation sites (N-methyl/N-ethyl adjacent to an activating group) is 1. The summed E-state index contributed by atoms with van der Waals surface area (Å²) in [7, 11) is 1.66. The fourth-order valence-electron chi connectivity index (χ4n) is 2.34. The van der Waals surface area contributed by atoms with E-state index < -0.39 is 0 Å². The third-order valence-corrected chi connectivity index (χ3v) is 3.20. The summed E-state index contributed by atoms with van der Waals surface area (Å²) < 4.78 is 0. The number of carbonyl (C=O) groups is 1. The molecular formula is C13H13N3O. The summed E-state index contributed by atoms with van der Waals surface area (Å²) in [5.41, 5.74) is 4.03. The predicted molar refractivity (Wildman–Crippen MR) is 66.5 cm³/mol. The molecule has 0 aromatic carbocycles. The first kappa shape index (κ1) is 10.1. The van der Waals surface area contributed by atoms with Crippen molar-refractivity contribution in [3.8, 4) is 0 Å². The Morgan fingerprint density at radius 3 is 3.18 bits per heavy atom. The standard InChI is InChI=1S/C13H13N3O/c1-14-13(17)9-3-2-8-4-5-15-12-11(8)10(6-9)7-16-12/h4-7H,2-3H2,1H3,(H,14,17)(H,15,16). The Morgan fingerprint density at radius 1 is 1.47 bits per heavy atom. The largest absolute Gasteiger partial charge is 0.355 e. The van der Waals surface area contributed by atoms with Crippen molar-refractivity contribution in [2.24, 2.45) is 0 Å². The zero-order chi connectivity index (χ0) is 11.8. The molecule has 0 fully saturated rings. The van der Waals surface area contributed by atoms with Gasteiger partial charge in [0.05, 0.1) is 0 Å². The van der Waals surface area contributed by atoms with Crippen LogP contribution >= 0.6 is 0 Å². The molecule has 0 spiro atoms. The van der Waals surface area contributed by atoms with Crippen molar-refractivity contribution in [3.63, 3.8) is 0 Å². The van der Waals surface area contributed by atoms with Gasteiger partial charge in [-0.15, -0.1) is 0 Å². The molecule has 17 heavy (non-hydrogen) atoms. The van der Waals surface area contributed by atoms with Gasteiger partial charge in [-0.05, 0) is 30.5 Å². The molecule has 1 aliphatic rings. The first-order valence-corrected chi connectivity index (χ1v) is 5.67. The highest BCUT2D eigenvalue weighted by Crippen LogP contribution is 2.28. The number of H-pyrrole nitrogens is 1. The van der Waals surface area contributed by atoms with Gasteiger partial charge in [-0.3, -0.25) is 4.79 Å². The molecule has 0 radical (unpaired) electrons. The van der Waals surface area contributed by atoms with Crippen molar-refractivity contribution in [3.05, 3.63) is 35.2 Å². The Labute approximate surface area is 98.7 Å². The van der Waals surface area contributed by atoms with Crippen LogP contribution in [0.1, 0.15) is 17.5 Å². The monoisotopic (exact) mass is 227 g/mol. The van der Waals surface area contributed by atoms with Crippen LogP contribution in [0, 0.1) is 0 Å². The van der Waals surface area contributed by atoms with Crippen LogP contribution < -0.4 is 5.32 Å². The van der Waals surface area contributed by atoms with Crippen molar-refractivity contribution in [2.45, 2.75) is 12.8 Å². The Hall–Kier alpha value is -2.10. The number of pyridine rings is 1. The topological polar surface area (TPSA) is 57.8 Å². The Bertz CT molecular complexity index is 625. The Balaban J connectivity index is 2.20. The smallest absolute Gasteiger partial charge is 0.246 e. The van der Waals surface area contributed by atoms with Crippen molar-refractivity contribution in [1.29, 1.82) is 0 Å². The molecule has 2 aromatic rings. The number of rotatable bonds is 1. The molecule has 4 nitrogen and oxygen atoms in total. The van der Waals surface area contributed by atoms with E-state index in [1.165, 1.54) is 5.56 Å². The summed E-state index contributed by atoms with van der Waals surface area (Å²) >= 11 is 0. The van der Waals surface area contributed by atoms with Crippen LogP contribution in [0.4, 0.5) is 0 Å². The second-order valence-electron chi connectivity index (χ2n) is 4.19. The maximum Gasteiger partial charge on any atom is 0.246 e. The first-order chi connectivity index (χ1) is 8.29. The highest BCUT2D eigenvalue weighted by Gasteiger charge is 2.16. The lowest BCUT2D eigenvalue weighted by atomic mass is 10.1. The van der Waals surface area contributed by atoms with E-state index in [1.54, 1.807) is 7.05 Å². The highest BCUT2D eigenvalue weighted by molar-refractivity contribution is 6.01. The molecule has 2 N–H and O–H groups in total. The number of aryl methyl sites for hydroxylation is 1. The number of aromatic amines is 1. The van der Waals surface area contributed by atoms with Crippen LogP contribution in [0.5, 0.6) is 0 Å². The SMILES string of the molecule is CNC(=O)C1=Cc2c[nH]c3nccc(c23)CC1. The van der Waals surface area contributed by atoms with Gasteiger partial charge < -0.3 is 10.3 Å². The number of hydrogen-bond acceptors (Lipinski definition) is 2. The lowest BCUT2D eigenvalue weighted by Crippen LogP contribution is -2.20. The Morgan fingerprint density at radius 2 is 2.35 bits per heavy atom. The van der Waals surface area contributed by atoms with Gasteiger partial charge in [-0.2, -0.15) is 0 Å². The van der Waals surface area contributed by atoms with E-state index in [1.807, 2.05) is 24.5 Å². The van der Waals surface area contributed by atoms with Crippen LogP contribution in [0.3, 0.4) is 0 Å². The molecule has 0 saturated heterocycles. The molecule has 0 atom stereocenters. The third-order valence-electron chi connectivity index (χ3n) is 3.20. The molecule has 1 amide bonds. The minimum Gasteiger partial charge on any atom is -0.355 e. The summed E-state index contributed by atoms with van der Waals surface area (Å²) in [6.07, 6.45) is 7.32. The summed E-state index contributed by atoms with van der Waals surface area (Å²) in [4.78, 5) is 19.1. The van der Waals surface area contributed by atoms with Gasteiger partial charge in [0, 0.05) is 36.0 Å². The number of nitrogens with one attached hydrogen (secondary N) is 2. The van der Waals surface area contributed by atoms with E-state index >= 15 is 0 Å². The van der Waals surface area contributed by atoms with E-state index in [4.69, 9.17) is 0 Å². The molecule has 1 aliphatic carbocycles. The van der Waals surface area contributed by atoms with Gasteiger partial charge in [0.1, 0.15) is 5.65 Å².